The third-order valence-electron chi connectivity index (χ3n) is 4.72. The van der Waals surface area contributed by atoms with Crippen LogP contribution in [0, 0.1) is 0 Å². The predicted molar refractivity (Wildman–Crippen MR) is 131 cm³/mol. The number of hydrogen-bond donors (Lipinski definition) is 0. The summed E-state index contributed by atoms with van der Waals surface area (Å²) in [7, 11) is 0. The van der Waals surface area contributed by atoms with Gasteiger partial charge >= 0.3 is 0 Å². The second kappa shape index (κ2) is 9.98. The van der Waals surface area contributed by atoms with Gasteiger partial charge in [0.2, 0.25) is 0 Å². The molecule has 0 aliphatic heterocycles. The molecular weight excluding hydrogens is 424 g/mol. The molecule has 0 aliphatic carbocycles. The Balaban J connectivity index is 1.76. The molecule has 0 radical (unpaired) electrons. The number of benzene rings is 3. The van der Waals surface area contributed by atoms with Gasteiger partial charge in [0.25, 0.3) is 5.91 Å². The van der Waals surface area contributed by atoms with Gasteiger partial charge in [0.1, 0.15) is 11.3 Å². The van der Waals surface area contributed by atoms with E-state index in [0.29, 0.717) is 23.8 Å². The average molecular weight is 449 g/mol. The molecule has 0 atom stereocenters. The van der Waals surface area contributed by atoms with Crippen LogP contribution in [0.1, 0.15) is 29.8 Å². The first-order chi connectivity index (χ1) is 15.2. The zero-order chi connectivity index (χ0) is 21.6. The summed E-state index contributed by atoms with van der Waals surface area (Å²) in [6, 6.07) is 23.7. The molecule has 1 heterocycles. The summed E-state index contributed by atoms with van der Waals surface area (Å²) in [5.74, 6) is 1.65. The second-order valence-corrected chi connectivity index (χ2v) is 9.22. The van der Waals surface area contributed by atoms with Crippen LogP contribution in [0.5, 0.6) is 5.75 Å². The highest BCUT2D eigenvalue weighted by atomic mass is 32.2. The van der Waals surface area contributed by atoms with Crippen molar-refractivity contribution in [2.24, 2.45) is 0 Å². The molecule has 4 rings (SSSR count). The van der Waals surface area contributed by atoms with Gasteiger partial charge in [-0.3, -0.25) is 9.69 Å². The first-order valence-corrected chi connectivity index (χ1v) is 12.1. The van der Waals surface area contributed by atoms with Crippen molar-refractivity contribution in [3.05, 3.63) is 83.9 Å². The number of anilines is 1. The van der Waals surface area contributed by atoms with E-state index in [9.17, 15) is 4.79 Å². The molecule has 4 nitrogen and oxygen atoms in total. The van der Waals surface area contributed by atoms with Crippen LogP contribution in [-0.2, 0) is 6.54 Å². The number of ether oxygens (including phenoxy) is 1. The number of thiazole rings is 1. The number of fused-ring (bicyclic) bond motifs is 1. The molecule has 0 fully saturated rings. The van der Waals surface area contributed by atoms with Gasteiger partial charge in [-0.1, -0.05) is 60.7 Å². The monoisotopic (exact) mass is 448 g/mol. The molecule has 0 spiro atoms. The zero-order valence-electron chi connectivity index (χ0n) is 17.6. The fourth-order valence-corrected chi connectivity index (χ4v) is 5.03. The Morgan fingerprint density at radius 1 is 1.03 bits per heavy atom. The minimum Gasteiger partial charge on any atom is -0.492 e. The van der Waals surface area contributed by atoms with Crippen molar-refractivity contribution >= 4 is 44.4 Å². The molecule has 3 aromatic carbocycles. The largest absolute Gasteiger partial charge is 0.492 e. The van der Waals surface area contributed by atoms with E-state index in [4.69, 9.17) is 9.72 Å². The summed E-state index contributed by atoms with van der Waals surface area (Å²) in [6.45, 7) is 5.09. The average Bonchev–Trinajstić information content (AvgIpc) is 3.23. The van der Waals surface area contributed by atoms with E-state index in [1.807, 2.05) is 79.7 Å². The summed E-state index contributed by atoms with van der Waals surface area (Å²) in [4.78, 5) is 21.3. The number of rotatable bonds is 8. The molecule has 0 unspecified atom stereocenters. The van der Waals surface area contributed by atoms with Gasteiger partial charge in [0.15, 0.2) is 5.13 Å². The van der Waals surface area contributed by atoms with Gasteiger partial charge in [-0.2, -0.15) is 0 Å². The molecule has 0 bridgehead atoms. The van der Waals surface area contributed by atoms with Crippen molar-refractivity contribution in [2.45, 2.75) is 25.3 Å². The standard InChI is InChI=1S/C25H24N2O2S2/c1-3-29-21-14-9-15-22-23(21)26-25(31-22)27(17-18-10-6-5-7-11-18)24(28)19-12-8-13-20(16-19)30-4-2/h5-16H,3-4,17H2,1-2H3. The van der Waals surface area contributed by atoms with E-state index < -0.39 is 0 Å². The smallest absolute Gasteiger partial charge is 0.260 e. The van der Waals surface area contributed by atoms with Gasteiger partial charge in [0.05, 0.1) is 17.9 Å². The molecule has 1 aromatic heterocycles. The van der Waals surface area contributed by atoms with Crippen molar-refractivity contribution in [2.75, 3.05) is 17.3 Å². The number of amides is 1. The van der Waals surface area contributed by atoms with Crippen molar-refractivity contribution in [3.63, 3.8) is 0 Å². The van der Waals surface area contributed by atoms with Crippen molar-refractivity contribution in [3.8, 4) is 5.75 Å². The van der Waals surface area contributed by atoms with Gasteiger partial charge in [-0.25, -0.2) is 4.98 Å². The van der Waals surface area contributed by atoms with E-state index in [1.165, 1.54) is 11.3 Å². The Labute approximate surface area is 190 Å². The predicted octanol–water partition coefficient (Wildman–Crippen LogP) is 6.65. The second-order valence-electron chi connectivity index (χ2n) is 6.87. The van der Waals surface area contributed by atoms with Gasteiger partial charge in [-0.15, -0.1) is 11.8 Å². The van der Waals surface area contributed by atoms with Gasteiger partial charge < -0.3 is 4.74 Å². The Bertz CT molecular complexity index is 1170. The Kier molecular flexibility index (Phi) is 6.89. The highest BCUT2D eigenvalue weighted by molar-refractivity contribution is 7.99. The molecule has 0 N–H and O–H groups in total. The number of nitrogens with zero attached hydrogens (tertiary/aromatic N) is 2. The molecule has 31 heavy (non-hydrogen) atoms. The minimum absolute atomic E-state index is 0.0561. The molecular formula is C25H24N2O2S2. The maximum Gasteiger partial charge on any atom is 0.260 e. The number of aromatic nitrogens is 1. The van der Waals surface area contributed by atoms with Crippen molar-refractivity contribution in [1.29, 1.82) is 0 Å². The molecule has 0 aliphatic rings. The fourth-order valence-electron chi connectivity index (χ4n) is 3.33. The first kappa shape index (κ1) is 21.4. The zero-order valence-corrected chi connectivity index (χ0v) is 19.2. The molecule has 6 heteroatoms. The van der Waals surface area contributed by atoms with Crippen LogP contribution < -0.4 is 9.64 Å². The fraction of sp³-hybridized carbons (Fsp3) is 0.200. The lowest BCUT2D eigenvalue weighted by molar-refractivity contribution is 0.0985. The van der Waals surface area contributed by atoms with E-state index in [0.717, 1.165) is 32.2 Å². The van der Waals surface area contributed by atoms with Crippen molar-refractivity contribution < 1.29 is 9.53 Å². The van der Waals surface area contributed by atoms with Crippen LogP contribution in [0.4, 0.5) is 5.13 Å². The van der Waals surface area contributed by atoms with Crippen LogP contribution in [0.2, 0.25) is 0 Å². The lowest BCUT2D eigenvalue weighted by atomic mass is 10.1. The molecule has 0 saturated heterocycles. The van der Waals surface area contributed by atoms with Gasteiger partial charge in [0, 0.05) is 10.5 Å². The van der Waals surface area contributed by atoms with Crippen LogP contribution in [0.25, 0.3) is 10.2 Å². The normalized spacial score (nSPS) is 10.9. The number of para-hydroxylation sites is 1. The van der Waals surface area contributed by atoms with E-state index in [-0.39, 0.29) is 5.91 Å². The van der Waals surface area contributed by atoms with Crippen LogP contribution >= 0.6 is 23.1 Å². The van der Waals surface area contributed by atoms with E-state index in [2.05, 4.69) is 6.92 Å². The lowest BCUT2D eigenvalue weighted by Gasteiger charge is -2.20. The third-order valence-corrected chi connectivity index (χ3v) is 6.64. The minimum atomic E-state index is -0.0561. The molecule has 158 valence electrons. The van der Waals surface area contributed by atoms with Crippen LogP contribution in [-0.4, -0.2) is 23.3 Å². The maximum absolute atomic E-state index is 13.6. The summed E-state index contributed by atoms with van der Waals surface area (Å²) in [5, 5.41) is 0.671. The quantitative estimate of drug-likeness (QED) is 0.283. The summed E-state index contributed by atoms with van der Waals surface area (Å²) >= 11 is 3.24. The number of carbonyl (C=O) groups excluding carboxylic acids is 1. The number of thioether (sulfide) groups is 1. The third kappa shape index (κ3) is 4.92. The molecule has 0 saturated carbocycles. The van der Waals surface area contributed by atoms with Crippen LogP contribution in [0.15, 0.2) is 77.7 Å². The highest BCUT2D eigenvalue weighted by Crippen LogP contribution is 2.35. The van der Waals surface area contributed by atoms with Crippen LogP contribution in [0.3, 0.4) is 0 Å². The first-order valence-electron chi connectivity index (χ1n) is 10.3. The Morgan fingerprint density at radius 2 is 1.84 bits per heavy atom. The number of carbonyl (C=O) groups is 1. The van der Waals surface area contributed by atoms with E-state index >= 15 is 0 Å². The lowest BCUT2D eigenvalue weighted by Crippen LogP contribution is -2.30. The van der Waals surface area contributed by atoms with Crippen molar-refractivity contribution in [1.82, 2.24) is 4.98 Å². The Hall–Kier alpha value is -2.83. The highest BCUT2D eigenvalue weighted by Gasteiger charge is 2.23. The van der Waals surface area contributed by atoms with Gasteiger partial charge in [-0.05, 0) is 48.6 Å². The molecule has 4 aromatic rings. The Morgan fingerprint density at radius 3 is 2.61 bits per heavy atom. The number of hydrogen-bond acceptors (Lipinski definition) is 5. The topological polar surface area (TPSA) is 42.4 Å². The SMILES string of the molecule is CCOc1cccc2sc(N(Cc3ccccc3)C(=O)c3cccc(SCC)c3)nc12. The maximum atomic E-state index is 13.6. The molecule has 1 amide bonds. The van der Waals surface area contributed by atoms with E-state index in [1.54, 1.807) is 16.7 Å². The summed E-state index contributed by atoms with van der Waals surface area (Å²) in [5.41, 5.74) is 2.52. The summed E-state index contributed by atoms with van der Waals surface area (Å²) < 4.78 is 6.76. The summed E-state index contributed by atoms with van der Waals surface area (Å²) in [6.07, 6.45) is 0.